The van der Waals surface area contributed by atoms with Crippen molar-refractivity contribution >= 4 is 16.0 Å². The highest BCUT2D eigenvalue weighted by molar-refractivity contribution is 7.88. The zero-order chi connectivity index (χ0) is 18.4. The molecule has 2 heterocycles. The van der Waals surface area contributed by atoms with Gasteiger partial charge in [0.25, 0.3) is 0 Å². The SMILES string of the molecule is CN=C(NCCC1CCCC1)N1CCN(S(=O)(=O)Cc2ccon2)CC1. The molecule has 2 aliphatic rings. The molecule has 1 aliphatic heterocycles. The molecule has 3 rings (SSSR count). The minimum atomic E-state index is -3.37. The van der Waals surface area contributed by atoms with Gasteiger partial charge in [-0.1, -0.05) is 30.8 Å². The first kappa shape index (κ1) is 19.2. The highest BCUT2D eigenvalue weighted by atomic mass is 32.2. The quantitative estimate of drug-likeness (QED) is 0.588. The van der Waals surface area contributed by atoms with E-state index in [9.17, 15) is 8.42 Å². The predicted molar refractivity (Wildman–Crippen MR) is 100 cm³/mol. The molecule has 0 bridgehead atoms. The second-order valence-electron chi connectivity index (χ2n) is 7.05. The van der Waals surface area contributed by atoms with Crippen LogP contribution in [-0.4, -0.2) is 68.5 Å². The first-order valence-corrected chi connectivity index (χ1v) is 11.0. The van der Waals surface area contributed by atoms with Crippen LogP contribution >= 0.6 is 0 Å². The number of nitrogens with one attached hydrogen (secondary N) is 1. The van der Waals surface area contributed by atoms with Gasteiger partial charge in [-0.2, -0.15) is 4.31 Å². The van der Waals surface area contributed by atoms with Gasteiger partial charge in [-0.25, -0.2) is 8.42 Å². The molecule has 8 nitrogen and oxygen atoms in total. The number of nitrogens with zero attached hydrogens (tertiary/aromatic N) is 4. The molecule has 146 valence electrons. The highest BCUT2D eigenvalue weighted by Gasteiger charge is 2.29. The lowest BCUT2D eigenvalue weighted by atomic mass is 10.0. The summed E-state index contributed by atoms with van der Waals surface area (Å²) >= 11 is 0. The summed E-state index contributed by atoms with van der Waals surface area (Å²) in [5, 5.41) is 7.14. The average Bonchev–Trinajstić information content (AvgIpc) is 3.33. The Morgan fingerprint density at radius 1 is 1.31 bits per heavy atom. The van der Waals surface area contributed by atoms with E-state index in [0.29, 0.717) is 31.9 Å². The summed E-state index contributed by atoms with van der Waals surface area (Å²) in [6.45, 7) is 3.14. The van der Waals surface area contributed by atoms with Gasteiger partial charge in [0.15, 0.2) is 5.96 Å². The van der Waals surface area contributed by atoms with E-state index in [4.69, 9.17) is 4.52 Å². The van der Waals surface area contributed by atoms with E-state index in [1.165, 1.54) is 42.7 Å². The molecule has 1 aromatic rings. The van der Waals surface area contributed by atoms with Crippen LogP contribution in [0.25, 0.3) is 0 Å². The third-order valence-corrected chi connectivity index (χ3v) is 7.09. The van der Waals surface area contributed by atoms with Gasteiger partial charge >= 0.3 is 0 Å². The van der Waals surface area contributed by atoms with Crippen molar-refractivity contribution in [1.29, 1.82) is 0 Å². The first-order chi connectivity index (χ1) is 12.6. The third kappa shape index (κ3) is 4.97. The van der Waals surface area contributed by atoms with Crippen LogP contribution in [-0.2, 0) is 15.8 Å². The Morgan fingerprint density at radius 3 is 2.65 bits per heavy atom. The van der Waals surface area contributed by atoms with Gasteiger partial charge in [0.05, 0.1) is 5.69 Å². The van der Waals surface area contributed by atoms with Crippen molar-refractivity contribution in [1.82, 2.24) is 19.7 Å². The molecule has 0 aromatic carbocycles. The average molecular weight is 384 g/mol. The summed E-state index contributed by atoms with van der Waals surface area (Å²) in [6, 6.07) is 1.59. The fourth-order valence-electron chi connectivity index (χ4n) is 3.79. The second-order valence-corrected chi connectivity index (χ2v) is 9.02. The summed E-state index contributed by atoms with van der Waals surface area (Å²) in [5.41, 5.74) is 0.441. The predicted octanol–water partition coefficient (Wildman–Crippen LogP) is 1.28. The number of piperazine rings is 1. The molecule has 1 N–H and O–H groups in total. The topological polar surface area (TPSA) is 91.0 Å². The summed E-state index contributed by atoms with van der Waals surface area (Å²) < 4.78 is 31.2. The zero-order valence-corrected chi connectivity index (χ0v) is 16.2. The molecule has 2 fully saturated rings. The van der Waals surface area contributed by atoms with Gasteiger partial charge in [-0.05, 0) is 12.3 Å². The van der Waals surface area contributed by atoms with E-state index in [1.54, 1.807) is 13.1 Å². The van der Waals surface area contributed by atoms with Crippen LogP contribution in [0.5, 0.6) is 0 Å². The van der Waals surface area contributed by atoms with E-state index in [2.05, 4.69) is 20.4 Å². The van der Waals surface area contributed by atoms with Gasteiger partial charge in [0.2, 0.25) is 10.0 Å². The van der Waals surface area contributed by atoms with Crippen molar-refractivity contribution in [2.24, 2.45) is 10.9 Å². The third-order valence-electron chi connectivity index (χ3n) is 5.28. The number of guanidine groups is 1. The summed E-state index contributed by atoms with van der Waals surface area (Å²) in [7, 11) is -1.58. The number of aromatic nitrogens is 1. The number of hydrogen-bond donors (Lipinski definition) is 1. The minimum absolute atomic E-state index is 0.113. The molecule has 1 aliphatic carbocycles. The molecule has 9 heteroatoms. The molecule has 0 amide bonds. The molecular formula is C17H29N5O3S. The Balaban J connectivity index is 1.45. The normalized spacial score (nSPS) is 20.7. The molecule has 1 saturated carbocycles. The Labute approximate surface area is 155 Å². The standard InChI is InChI=1S/C17H29N5O3S/c1-18-17(19-8-6-15-4-2-3-5-15)21-9-11-22(12-10-21)26(23,24)14-16-7-13-25-20-16/h7,13,15H,2-6,8-12,14H2,1H3,(H,18,19). The van der Waals surface area contributed by atoms with Gasteiger partial charge in [-0.15, -0.1) is 0 Å². The van der Waals surface area contributed by atoms with Crippen LogP contribution in [0.15, 0.2) is 21.8 Å². The van der Waals surface area contributed by atoms with Crippen molar-refractivity contribution in [2.75, 3.05) is 39.8 Å². The number of sulfonamides is 1. The fraction of sp³-hybridized carbons (Fsp3) is 0.765. The number of hydrogen-bond acceptors (Lipinski definition) is 5. The lowest BCUT2D eigenvalue weighted by Gasteiger charge is -2.35. The molecule has 0 atom stereocenters. The fourth-order valence-corrected chi connectivity index (χ4v) is 5.21. The maximum Gasteiger partial charge on any atom is 0.220 e. The molecule has 1 aromatic heterocycles. The van der Waals surface area contributed by atoms with Gasteiger partial charge in [0, 0.05) is 45.8 Å². The van der Waals surface area contributed by atoms with Crippen LogP contribution in [0.1, 0.15) is 37.8 Å². The van der Waals surface area contributed by atoms with Crippen molar-refractivity contribution < 1.29 is 12.9 Å². The largest absolute Gasteiger partial charge is 0.364 e. The Kier molecular flexibility index (Phi) is 6.53. The van der Waals surface area contributed by atoms with E-state index in [-0.39, 0.29) is 5.75 Å². The van der Waals surface area contributed by atoms with Crippen molar-refractivity contribution in [3.63, 3.8) is 0 Å². The Hall–Kier alpha value is -1.61. The Bertz CT molecular complexity index is 675. The molecule has 26 heavy (non-hydrogen) atoms. The number of aliphatic imine (C=N–C) groups is 1. The Morgan fingerprint density at radius 2 is 2.04 bits per heavy atom. The number of rotatable bonds is 6. The van der Waals surface area contributed by atoms with Crippen molar-refractivity contribution in [3.05, 3.63) is 18.0 Å². The minimum Gasteiger partial charge on any atom is -0.364 e. The van der Waals surface area contributed by atoms with E-state index < -0.39 is 10.0 Å². The molecule has 0 radical (unpaired) electrons. The van der Waals surface area contributed by atoms with Crippen LogP contribution in [0.2, 0.25) is 0 Å². The van der Waals surface area contributed by atoms with E-state index in [1.807, 2.05) is 0 Å². The van der Waals surface area contributed by atoms with Crippen LogP contribution < -0.4 is 5.32 Å². The maximum atomic E-state index is 12.5. The van der Waals surface area contributed by atoms with E-state index >= 15 is 0 Å². The second kappa shape index (κ2) is 8.85. The summed E-state index contributed by atoms with van der Waals surface area (Å²) in [5.74, 6) is 1.60. The summed E-state index contributed by atoms with van der Waals surface area (Å²) in [6.07, 6.45) is 8.01. The van der Waals surface area contributed by atoms with Crippen LogP contribution in [0.4, 0.5) is 0 Å². The lowest BCUT2D eigenvalue weighted by molar-refractivity contribution is 0.259. The smallest absolute Gasteiger partial charge is 0.220 e. The van der Waals surface area contributed by atoms with Crippen LogP contribution in [0.3, 0.4) is 0 Å². The lowest BCUT2D eigenvalue weighted by Crippen LogP contribution is -2.54. The van der Waals surface area contributed by atoms with Crippen LogP contribution in [0, 0.1) is 5.92 Å². The molecular weight excluding hydrogens is 354 g/mol. The van der Waals surface area contributed by atoms with E-state index in [0.717, 1.165) is 18.4 Å². The van der Waals surface area contributed by atoms with Gasteiger partial charge in [0.1, 0.15) is 12.0 Å². The highest BCUT2D eigenvalue weighted by Crippen LogP contribution is 2.26. The van der Waals surface area contributed by atoms with Crippen molar-refractivity contribution in [2.45, 2.75) is 37.9 Å². The first-order valence-electron chi connectivity index (χ1n) is 9.41. The van der Waals surface area contributed by atoms with Gasteiger partial charge in [-0.3, -0.25) is 4.99 Å². The van der Waals surface area contributed by atoms with Gasteiger partial charge < -0.3 is 14.7 Å². The summed E-state index contributed by atoms with van der Waals surface area (Å²) in [4.78, 5) is 6.50. The monoisotopic (exact) mass is 383 g/mol. The molecule has 0 spiro atoms. The zero-order valence-electron chi connectivity index (χ0n) is 15.4. The molecule has 0 unspecified atom stereocenters. The van der Waals surface area contributed by atoms with Crippen molar-refractivity contribution in [3.8, 4) is 0 Å². The maximum absolute atomic E-state index is 12.5. The molecule has 1 saturated heterocycles.